The molecule has 4 aromatic rings. The monoisotopic (exact) mass is 509 g/mol. The van der Waals surface area contributed by atoms with Crippen LogP contribution >= 0.6 is 11.3 Å². The van der Waals surface area contributed by atoms with E-state index >= 15 is 0 Å². The molecule has 0 aliphatic rings. The predicted octanol–water partition coefficient (Wildman–Crippen LogP) is 6.19. The Morgan fingerprint density at radius 3 is 2.56 bits per heavy atom. The molecule has 6 nitrogen and oxygen atoms in total. The zero-order chi connectivity index (χ0) is 25.7. The highest BCUT2D eigenvalue weighted by Crippen LogP contribution is 2.40. The summed E-state index contributed by atoms with van der Waals surface area (Å²) in [7, 11) is 1.28. The lowest BCUT2D eigenvalue weighted by atomic mass is 9.92. The molecule has 0 amide bonds. The average molecular weight is 510 g/mol. The van der Waals surface area contributed by atoms with Crippen molar-refractivity contribution in [3.8, 4) is 17.2 Å². The van der Waals surface area contributed by atoms with Crippen LogP contribution in [0.25, 0.3) is 11.1 Å². The molecule has 36 heavy (non-hydrogen) atoms. The lowest BCUT2D eigenvalue weighted by Gasteiger charge is -2.19. The number of pyridine rings is 1. The number of methoxy groups -OCH3 is 1. The molecule has 0 saturated carbocycles. The quantitative estimate of drug-likeness (QED) is 0.276. The summed E-state index contributed by atoms with van der Waals surface area (Å²) in [4.78, 5) is 20.7. The van der Waals surface area contributed by atoms with Crippen molar-refractivity contribution in [1.29, 1.82) is 5.26 Å². The van der Waals surface area contributed by atoms with E-state index in [0.717, 1.165) is 10.9 Å². The number of nitriles is 1. The first-order valence-corrected chi connectivity index (χ1v) is 11.4. The number of esters is 1. The summed E-state index contributed by atoms with van der Waals surface area (Å²) in [6.45, 7) is 0.0541. The Bertz CT molecular complexity index is 1400. The van der Waals surface area contributed by atoms with Crippen LogP contribution in [0, 0.1) is 11.3 Å². The topological polar surface area (TPSA) is 85.1 Å². The molecule has 0 N–H and O–H groups in total. The normalized spacial score (nSPS) is 12.1. The molecule has 1 unspecified atom stereocenters. The van der Waals surface area contributed by atoms with Crippen LogP contribution in [-0.2, 0) is 22.3 Å². The molecule has 0 fully saturated rings. The van der Waals surface area contributed by atoms with E-state index in [0.29, 0.717) is 16.8 Å². The Hall–Kier alpha value is -4.07. The summed E-state index contributed by atoms with van der Waals surface area (Å²) in [6.07, 6.45) is -2.27. The molecule has 4 rings (SSSR count). The highest BCUT2D eigenvalue weighted by molar-refractivity contribution is 7.09. The number of carbonyl (C=O) groups is 1. The van der Waals surface area contributed by atoms with Crippen molar-refractivity contribution >= 4 is 17.3 Å². The van der Waals surface area contributed by atoms with Crippen LogP contribution < -0.4 is 0 Å². The smallest absolute Gasteiger partial charge is 0.417 e. The highest BCUT2D eigenvalue weighted by atomic mass is 32.1. The van der Waals surface area contributed by atoms with Gasteiger partial charge in [0.15, 0.2) is 0 Å². The largest absolute Gasteiger partial charge is 0.465 e. The molecule has 1 atom stereocenters. The van der Waals surface area contributed by atoms with Gasteiger partial charge in [-0.05, 0) is 41.5 Å². The van der Waals surface area contributed by atoms with Crippen LogP contribution in [0.2, 0.25) is 0 Å². The van der Waals surface area contributed by atoms with Gasteiger partial charge in [0, 0.05) is 18.0 Å². The first kappa shape index (κ1) is 25.0. The number of thiazole rings is 1. The van der Waals surface area contributed by atoms with Crippen molar-refractivity contribution in [2.24, 2.45) is 0 Å². The number of benzene rings is 2. The average Bonchev–Trinajstić information content (AvgIpc) is 3.43. The molecular formula is C26H18F3N3O3S. The van der Waals surface area contributed by atoms with Crippen molar-refractivity contribution in [3.05, 3.63) is 105 Å². The lowest BCUT2D eigenvalue weighted by molar-refractivity contribution is -0.137. The molecule has 10 heteroatoms. The maximum atomic E-state index is 13.7. The molecule has 0 spiro atoms. The fourth-order valence-electron chi connectivity index (χ4n) is 3.63. The molecule has 0 bridgehead atoms. The van der Waals surface area contributed by atoms with E-state index in [9.17, 15) is 23.2 Å². The van der Waals surface area contributed by atoms with E-state index in [1.807, 2.05) is 6.07 Å². The van der Waals surface area contributed by atoms with Crippen molar-refractivity contribution in [2.45, 2.75) is 18.9 Å². The number of carbonyl (C=O) groups excluding carboxylic acids is 1. The fourth-order valence-corrected chi connectivity index (χ4v) is 4.32. The zero-order valence-corrected chi connectivity index (χ0v) is 19.6. The van der Waals surface area contributed by atoms with E-state index < -0.39 is 23.8 Å². The van der Waals surface area contributed by atoms with Gasteiger partial charge in [-0.3, -0.25) is 9.97 Å². The molecule has 0 saturated heterocycles. The molecule has 2 aromatic heterocycles. The van der Waals surface area contributed by atoms with Crippen molar-refractivity contribution < 1.29 is 27.4 Å². The van der Waals surface area contributed by atoms with Crippen LogP contribution in [0.5, 0.6) is 0 Å². The number of ether oxygens (including phenoxy) is 2. The van der Waals surface area contributed by atoms with Crippen LogP contribution in [0.4, 0.5) is 13.2 Å². The number of halogens is 3. The van der Waals surface area contributed by atoms with Gasteiger partial charge in [-0.2, -0.15) is 18.4 Å². The molecule has 0 aliphatic heterocycles. The van der Waals surface area contributed by atoms with Gasteiger partial charge in [0.2, 0.25) is 0 Å². The molecule has 2 heterocycles. The Labute approximate surface area is 208 Å². The maximum Gasteiger partial charge on any atom is 0.417 e. The van der Waals surface area contributed by atoms with Crippen molar-refractivity contribution in [2.75, 3.05) is 7.11 Å². The Kier molecular flexibility index (Phi) is 7.43. The van der Waals surface area contributed by atoms with Gasteiger partial charge in [0.1, 0.15) is 6.10 Å². The Morgan fingerprint density at radius 1 is 1.11 bits per heavy atom. The summed E-state index contributed by atoms with van der Waals surface area (Å²) < 4.78 is 51.9. The number of alkyl halides is 3. The summed E-state index contributed by atoms with van der Waals surface area (Å²) in [5.41, 5.74) is 2.35. The van der Waals surface area contributed by atoms with Crippen LogP contribution in [0.15, 0.2) is 72.5 Å². The third-order valence-electron chi connectivity index (χ3n) is 5.34. The van der Waals surface area contributed by atoms with Gasteiger partial charge in [-0.1, -0.05) is 24.3 Å². The fraction of sp³-hybridized carbons (Fsp3) is 0.154. The molecule has 0 aliphatic carbocycles. The van der Waals surface area contributed by atoms with Crippen LogP contribution in [0.3, 0.4) is 0 Å². The van der Waals surface area contributed by atoms with Gasteiger partial charge < -0.3 is 9.47 Å². The minimum absolute atomic E-state index is 0.0541. The first-order chi connectivity index (χ1) is 17.3. The number of rotatable bonds is 7. The summed E-state index contributed by atoms with van der Waals surface area (Å²) >= 11 is 1.33. The van der Waals surface area contributed by atoms with E-state index in [-0.39, 0.29) is 23.3 Å². The van der Waals surface area contributed by atoms with E-state index in [1.54, 1.807) is 36.0 Å². The van der Waals surface area contributed by atoms with E-state index in [4.69, 9.17) is 4.74 Å². The second-order valence-corrected chi connectivity index (χ2v) is 8.50. The summed E-state index contributed by atoms with van der Waals surface area (Å²) in [5, 5.41) is 9.61. The number of hydrogen-bond donors (Lipinski definition) is 0. The zero-order valence-electron chi connectivity index (χ0n) is 18.8. The molecule has 2 aromatic carbocycles. The number of aromatic nitrogens is 2. The second kappa shape index (κ2) is 10.7. The minimum atomic E-state index is -4.59. The standard InChI is InChI=1S/C26H18F3N3O3S/c1-34-25(33)18-8-9-19(32-12-18)14-35-24(23-13-31-15-36-23)16-6-7-17(11-30)21(10-16)20-4-2-3-5-22(20)26(27,28)29/h2-10,12-13,15,24H,14H2,1H3. The third-order valence-corrected chi connectivity index (χ3v) is 6.16. The number of nitrogens with zero attached hydrogens (tertiary/aromatic N) is 3. The van der Waals surface area contributed by atoms with E-state index in [1.165, 1.54) is 48.9 Å². The third kappa shape index (κ3) is 5.43. The number of hydrogen-bond acceptors (Lipinski definition) is 7. The molecule has 0 radical (unpaired) electrons. The predicted molar refractivity (Wildman–Crippen MR) is 126 cm³/mol. The summed E-state index contributed by atoms with van der Waals surface area (Å²) in [6, 6.07) is 15.0. The van der Waals surface area contributed by atoms with Gasteiger partial charge in [-0.15, -0.1) is 11.3 Å². The van der Waals surface area contributed by atoms with Gasteiger partial charge >= 0.3 is 12.1 Å². The van der Waals surface area contributed by atoms with Crippen LogP contribution in [0.1, 0.15) is 43.7 Å². The van der Waals surface area contributed by atoms with Crippen molar-refractivity contribution in [3.63, 3.8) is 0 Å². The SMILES string of the molecule is COC(=O)c1ccc(COC(c2ccc(C#N)c(-c3ccccc3C(F)(F)F)c2)c2cncs2)nc1. The minimum Gasteiger partial charge on any atom is -0.465 e. The van der Waals surface area contributed by atoms with Crippen LogP contribution in [-0.4, -0.2) is 23.0 Å². The van der Waals surface area contributed by atoms with Gasteiger partial charge in [0.25, 0.3) is 0 Å². The second-order valence-electron chi connectivity index (χ2n) is 7.58. The molecular weight excluding hydrogens is 491 g/mol. The Morgan fingerprint density at radius 2 is 1.92 bits per heavy atom. The van der Waals surface area contributed by atoms with Gasteiger partial charge in [-0.25, -0.2) is 4.79 Å². The van der Waals surface area contributed by atoms with Gasteiger partial charge in [0.05, 0.1) is 52.6 Å². The maximum absolute atomic E-state index is 13.7. The Balaban J connectivity index is 1.71. The lowest BCUT2D eigenvalue weighted by Crippen LogP contribution is -2.09. The first-order valence-electron chi connectivity index (χ1n) is 10.6. The van der Waals surface area contributed by atoms with Crippen molar-refractivity contribution in [1.82, 2.24) is 9.97 Å². The highest BCUT2D eigenvalue weighted by Gasteiger charge is 2.34. The summed E-state index contributed by atoms with van der Waals surface area (Å²) in [5.74, 6) is -0.512. The van der Waals surface area contributed by atoms with E-state index in [2.05, 4.69) is 14.7 Å². The molecule has 182 valence electrons.